The Hall–Kier alpha value is -2.32. The summed E-state index contributed by atoms with van der Waals surface area (Å²) in [6, 6.07) is -0.825. The normalized spacial score (nSPS) is 14.8. The highest BCUT2D eigenvalue weighted by Gasteiger charge is 2.24. The highest BCUT2D eigenvalue weighted by Crippen LogP contribution is 2.38. The average molecular weight is 929 g/mol. The quantitative estimate of drug-likeness (QED) is 0.0272. The van der Waals surface area contributed by atoms with Crippen molar-refractivity contribution in [2.75, 3.05) is 40.9 Å². The summed E-state index contributed by atoms with van der Waals surface area (Å²) in [6.07, 6.45) is 64.5. The van der Waals surface area contributed by atoms with Crippen LogP contribution in [0.5, 0.6) is 0 Å². The zero-order valence-electron chi connectivity index (χ0n) is 42.7. The van der Waals surface area contributed by atoms with Crippen molar-refractivity contribution in [3.8, 4) is 0 Å². The van der Waals surface area contributed by atoms with Crippen LogP contribution in [-0.4, -0.2) is 68.5 Å². The summed E-state index contributed by atoms with van der Waals surface area (Å²) in [7, 11) is 1.27. The van der Waals surface area contributed by atoms with Gasteiger partial charge in [0.2, 0.25) is 5.91 Å². The molecule has 376 valence electrons. The van der Waals surface area contributed by atoms with Crippen LogP contribution in [0.3, 0.4) is 0 Å². The molecule has 0 aliphatic carbocycles. The summed E-state index contributed by atoms with van der Waals surface area (Å²) in [6.45, 7) is 4.58. The lowest BCUT2D eigenvalue weighted by atomic mass is 10.0. The van der Waals surface area contributed by atoms with E-state index in [1.807, 2.05) is 21.1 Å². The van der Waals surface area contributed by atoms with Crippen LogP contribution in [0.1, 0.15) is 213 Å². The van der Waals surface area contributed by atoms with E-state index < -0.39 is 20.0 Å². The number of nitrogens with one attached hydrogen (secondary N) is 1. The minimum Gasteiger partial charge on any atom is -0.756 e. The first-order valence-corrected chi connectivity index (χ1v) is 27.9. The number of hydrogen-bond donors (Lipinski definition) is 2. The molecule has 0 spiro atoms. The Morgan fingerprint density at radius 2 is 0.938 bits per heavy atom. The Labute approximate surface area is 401 Å². The molecular weight excluding hydrogens is 828 g/mol. The molecule has 0 heterocycles. The van der Waals surface area contributed by atoms with E-state index in [2.05, 4.69) is 104 Å². The zero-order chi connectivity index (χ0) is 47.8. The van der Waals surface area contributed by atoms with Crippen molar-refractivity contribution in [1.29, 1.82) is 0 Å². The van der Waals surface area contributed by atoms with Crippen molar-refractivity contribution >= 4 is 13.7 Å². The van der Waals surface area contributed by atoms with Crippen molar-refractivity contribution < 1.29 is 32.9 Å². The molecule has 0 bridgehead atoms. The summed E-state index contributed by atoms with van der Waals surface area (Å²) < 4.78 is 23.4. The molecule has 65 heavy (non-hydrogen) atoms. The van der Waals surface area contributed by atoms with E-state index in [-0.39, 0.29) is 19.1 Å². The first kappa shape index (κ1) is 62.7. The molecule has 9 heteroatoms. The molecule has 0 radical (unpaired) electrons. The van der Waals surface area contributed by atoms with Crippen LogP contribution < -0.4 is 10.2 Å². The molecule has 0 aromatic rings. The van der Waals surface area contributed by atoms with Gasteiger partial charge in [-0.15, -0.1) is 0 Å². The Bertz CT molecular complexity index is 1330. The SMILES string of the molecule is CC/C=C\C/C=C\C/C=C\C/C=C\C/C=C\C/C=C\C/C=C\CCCCCC(=O)NC(COP(=O)([O-])OCC[N+](C)(C)C)C(O)CCCCCCCCCCCCCCCCCCCC. The van der Waals surface area contributed by atoms with Crippen LogP contribution in [-0.2, 0) is 18.4 Å². The Kier molecular flexibility index (Phi) is 45.1. The molecule has 0 saturated carbocycles. The number of carbonyl (C=O) groups excluding carboxylic acids is 1. The van der Waals surface area contributed by atoms with Gasteiger partial charge in [-0.05, 0) is 70.6 Å². The number of quaternary nitrogens is 1. The third-order valence-corrected chi connectivity index (χ3v) is 12.4. The minimum absolute atomic E-state index is 0.000855. The van der Waals surface area contributed by atoms with Crippen molar-refractivity contribution in [2.45, 2.75) is 225 Å². The highest BCUT2D eigenvalue weighted by molar-refractivity contribution is 7.45. The number of phosphoric ester groups is 1. The second kappa shape index (κ2) is 46.8. The molecule has 2 N–H and O–H groups in total. The smallest absolute Gasteiger partial charge is 0.268 e. The second-order valence-corrected chi connectivity index (χ2v) is 20.3. The van der Waals surface area contributed by atoms with Crippen molar-refractivity contribution in [1.82, 2.24) is 5.32 Å². The van der Waals surface area contributed by atoms with Gasteiger partial charge in [0.1, 0.15) is 13.2 Å². The number of hydrogen-bond acceptors (Lipinski definition) is 6. The van der Waals surface area contributed by atoms with Gasteiger partial charge in [0.15, 0.2) is 0 Å². The average Bonchev–Trinajstić information content (AvgIpc) is 3.26. The van der Waals surface area contributed by atoms with Gasteiger partial charge in [0.05, 0.1) is 39.9 Å². The molecule has 0 aromatic heterocycles. The maximum atomic E-state index is 12.9. The number of unbranched alkanes of at least 4 members (excludes halogenated alkanes) is 20. The van der Waals surface area contributed by atoms with Gasteiger partial charge in [-0.25, -0.2) is 0 Å². The number of rotatable bonds is 47. The molecule has 8 nitrogen and oxygen atoms in total. The fraction of sp³-hybridized carbons (Fsp3) is 0.732. The molecule has 0 aliphatic heterocycles. The van der Waals surface area contributed by atoms with Gasteiger partial charge in [-0.3, -0.25) is 9.36 Å². The Morgan fingerprint density at radius 3 is 1.35 bits per heavy atom. The summed E-state index contributed by atoms with van der Waals surface area (Å²) in [5, 5.41) is 14.0. The number of allylic oxidation sites excluding steroid dienone is 14. The van der Waals surface area contributed by atoms with Crippen molar-refractivity contribution in [3.63, 3.8) is 0 Å². The predicted molar refractivity (Wildman–Crippen MR) is 279 cm³/mol. The molecule has 0 rings (SSSR count). The van der Waals surface area contributed by atoms with Crippen LogP contribution in [0, 0.1) is 0 Å². The number of aliphatic hydroxyl groups is 1. The van der Waals surface area contributed by atoms with E-state index in [9.17, 15) is 19.4 Å². The number of nitrogens with zero attached hydrogens (tertiary/aromatic N) is 1. The van der Waals surface area contributed by atoms with Gasteiger partial charge in [0, 0.05) is 6.42 Å². The van der Waals surface area contributed by atoms with E-state index in [4.69, 9.17) is 9.05 Å². The molecule has 0 aliphatic rings. The molecular formula is C56H101N2O6P. The van der Waals surface area contributed by atoms with E-state index >= 15 is 0 Å². The van der Waals surface area contributed by atoms with Crippen LogP contribution >= 0.6 is 7.82 Å². The fourth-order valence-corrected chi connectivity index (χ4v) is 7.98. The highest BCUT2D eigenvalue weighted by atomic mass is 31.2. The van der Waals surface area contributed by atoms with E-state index in [1.165, 1.54) is 96.3 Å². The zero-order valence-corrected chi connectivity index (χ0v) is 43.6. The van der Waals surface area contributed by atoms with E-state index in [1.54, 1.807) is 0 Å². The predicted octanol–water partition coefficient (Wildman–Crippen LogP) is 15.1. The molecule has 0 fully saturated rings. The Balaban J connectivity index is 4.35. The van der Waals surface area contributed by atoms with Gasteiger partial charge in [-0.1, -0.05) is 221 Å². The van der Waals surface area contributed by atoms with E-state index in [0.29, 0.717) is 23.9 Å². The first-order chi connectivity index (χ1) is 31.5. The number of carbonyl (C=O) groups is 1. The van der Waals surface area contributed by atoms with Crippen LogP contribution in [0.15, 0.2) is 85.1 Å². The maximum absolute atomic E-state index is 12.9. The third kappa shape index (κ3) is 49.4. The summed E-state index contributed by atoms with van der Waals surface area (Å²) in [4.78, 5) is 25.5. The van der Waals surface area contributed by atoms with Gasteiger partial charge in [0.25, 0.3) is 7.82 Å². The van der Waals surface area contributed by atoms with Gasteiger partial charge in [-0.2, -0.15) is 0 Å². The fourth-order valence-electron chi connectivity index (χ4n) is 7.25. The number of amides is 1. The second-order valence-electron chi connectivity index (χ2n) is 18.9. The molecule has 3 atom stereocenters. The minimum atomic E-state index is -4.59. The van der Waals surface area contributed by atoms with Crippen LogP contribution in [0.2, 0.25) is 0 Å². The van der Waals surface area contributed by atoms with Gasteiger partial charge >= 0.3 is 0 Å². The van der Waals surface area contributed by atoms with Crippen LogP contribution in [0.25, 0.3) is 0 Å². The largest absolute Gasteiger partial charge is 0.756 e. The summed E-state index contributed by atoms with van der Waals surface area (Å²) >= 11 is 0. The monoisotopic (exact) mass is 929 g/mol. The van der Waals surface area contributed by atoms with Crippen molar-refractivity contribution in [3.05, 3.63) is 85.1 Å². The topological polar surface area (TPSA) is 108 Å². The summed E-state index contributed by atoms with van der Waals surface area (Å²) in [5.41, 5.74) is 0. The molecule has 1 amide bonds. The first-order valence-electron chi connectivity index (χ1n) is 26.4. The maximum Gasteiger partial charge on any atom is 0.268 e. The lowest BCUT2D eigenvalue weighted by Crippen LogP contribution is -2.46. The molecule has 3 unspecified atom stereocenters. The van der Waals surface area contributed by atoms with Crippen molar-refractivity contribution in [2.24, 2.45) is 0 Å². The Morgan fingerprint density at radius 1 is 0.554 bits per heavy atom. The molecule has 0 saturated heterocycles. The van der Waals surface area contributed by atoms with Gasteiger partial charge < -0.3 is 28.8 Å². The van der Waals surface area contributed by atoms with Crippen LogP contribution in [0.4, 0.5) is 0 Å². The standard InChI is InChI=1S/C56H101N2O6P/c1-6-8-10-12-14-16-18-20-22-24-26-27-28-29-30-31-32-34-36-38-40-42-44-46-48-50-56(60)57-54(53-64-65(61,62)63-52-51-58(3,4)5)55(59)49-47-45-43-41-39-37-35-33-25-23-21-19-17-15-13-11-9-7-2/h8,10,14,16,20,22,26-27,29-30,32,34,38,40,54-55,59H,6-7,9,11-13,15,17-19,21,23-25,28,31,33,35-37,39,41-53H2,1-5H3,(H-,57,60,61,62)/b10-8-,16-14-,22-20-,27-26-,30-29-,34-32-,40-38-. The molecule has 0 aromatic carbocycles. The number of likely N-dealkylation sites (N-methyl/N-ethyl adjacent to an activating group) is 1. The number of aliphatic hydroxyl groups excluding tert-OH is 1. The lowest BCUT2D eigenvalue weighted by molar-refractivity contribution is -0.870. The summed E-state index contributed by atoms with van der Waals surface area (Å²) in [5.74, 6) is -0.199. The third-order valence-electron chi connectivity index (χ3n) is 11.4. The van der Waals surface area contributed by atoms with E-state index in [0.717, 1.165) is 89.9 Å². The number of phosphoric acid groups is 1. The lowest BCUT2D eigenvalue weighted by Gasteiger charge is -2.30.